The van der Waals surface area contributed by atoms with Crippen molar-refractivity contribution >= 4 is 33.2 Å². The summed E-state index contributed by atoms with van der Waals surface area (Å²) < 4.78 is 35.2. The molecule has 0 fully saturated rings. The Morgan fingerprint density at radius 1 is 1.04 bits per heavy atom. The number of anilines is 2. The van der Waals surface area contributed by atoms with Crippen molar-refractivity contribution in [2.45, 2.75) is 11.8 Å². The van der Waals surface area contributed by atoms with Crippen LogP contribution in [0.1, 0.15) is 17.3 Å². The minimum atomic E-state index is -4.02. The van der Waals surface area contributed by atoms with Crippen LogP contribution in [0.15, 0.2) is 64.5 Å². The highest BCUT2D eigenvalue weighted by Crippen LogP contribution is 2.39. The fraction of sp³-hybridized carbons (Fsp3) is 0.158. The van der Waals surface area contributed by atoms with Gasteiger partial charge in [0.2, 0.25) is 9.84 Å². The number of fused-ring (bicyclic) bond motifs is 1. The van der Waals surface area contributed by atoms with E-state index in [4.69, 9.17) is 4.74 Å². The van der Waals surface area contributed by atoms with E-state index in [0.717, 1.165) is 7.11 Å². The van der Waals surface area contributed by atoms with Gasteiger partial charge in [0.25, 0.3) is 0 Å². The van der Waals surface area contributed by atoms with Gasteiger partial charge in [-0.25, -0.2) is 18.0 Å². The van der Waals surface area contributed by atoms with Crippen molar-refractivity contribution in [1.29, 1.82) is 0 Å². The molecule has 140 valence electrons. The molecular weight excluding hydrogens is 370 g/mol. The molecule has 1 aliphatic rings. The number of carbonyl (C=O) groups is 2. The number of hydrogen-bond donors (Lipinski definition) is 0. The highest BCUT2D eigenvalue weighted by atomic mass is 32.2. The number of benzene rings is 2. The van der Waals surface area contributed by atoms with E-state index < -0.39 is 26.7 Å². The van der Waals surface area contributed by atoms with Gasteiger partial charge in [-0.15, -0.1) is 0 Å². The first-order valence-corrected chi connectivity index (χ1v) is 9.59. The molecule has 0 spiro atoms. The largest absolute Gasteiger partial charge is 0.465 e. The normalized spacial score (nSPS) is 14.7. The molecule has 0 atom stereocenters. The molecule has 1 aliphatic heterocycles. The number of hydrogen-bond acceptors (Lipinski definition) is 7. The lowest BCUT2D eigenvalue weighted by Crippen LogP contribution is -2.26. The lowest BCUT2D eigenvalue weighted by Gasteiger charge is -2.28. The van der Waals surface area contributed by atoms with E-state index in [1.807, 2.05) is 0 Å². The summed E-state index contributed by atoms with van der Waals surface area (Å²) in [7, 11) is -2.90. The Kier molecular flexibility index (Phi) is 5.00. The smallest absolute Gasteiger partial charge is 0.351 e. The van der Waals surface area contributed by atoms with Crippen LogP contribution in [0.5, 0.6) is 0 Å². The number of para-hydroxylation sites is 1. The highest BCUT2D eigenvalue weighted by Gasteiger charge is 2.36. The van der Waals surface area contributed by atoms with Gasteiger partial charge in [0, 0.05) is 11.9 Å². The van der Waals surface area contributed by atoms with Crippen LogP contribution in [0.25, 0.3) is 0 Å². The molecule has 8 heteroatoms. The van der Waals surface area contributed by atoms with Crippen molar-refractivity contribution in [3.63, 3.8) is 0 Å². The summed E-state index contributed by atoms with van der Waals surface area (Å²) in [6, 6.07) is 12.8. The fourth-order valence-corrected chi connectivity index (χ4v) is 4.22. The van der Waals surface area contributed by atoms with Crippen molar-refractivity contribution in [3.8, 4) is 0 Å². The molecule has 0 aromatic heterocycles. The van der Waals surface area contributed by atoms with Gasteiger partial charge in [0.05, 0.1) is 29.9 Å². The Labute approximate surface area is 156 Å². The molecule has 1 heterocycles. The number of methoxy groups -OCH3 is 1. The van der Waals surface area contributed by atoms with Crippen LogP contribution in [0.3, 0.4) is 0 Å². The number of carbonyl (C=O) groups excluding carboxylic acids is 2. The summed E-state index contributed by atoms with van der Waals surface area (Å²) in [5.41, 5.74) is 1.18. The van der Waals surface area contributed by atoms with Crippen molar-refractivity contribution < 1.29 is 27.5 Å². The van der Waals surface area contributed by atoms with Crippen LogP contribution in [-0.4, -0.2) is 34.1 Å². The van der Waals surface area contributed by atoms with E-state index in [1.165, 1.54) is 17.2 Å². The first kappa shape index (κ1) is 18.7. The summed E-state index contributed by atoms with van der Waals surface area (Å²) in [5.74, 6) is -1.45. The predicted octanol–water partition coefficient (Wildman–Crippen LogP) is 2.80. The number of esters is 2. The lowest BCUT2D eigenvalue weighted by atomic mass is 10.1. The van der Waals surface area contributed by atoms with Crippen molar-refractivity contribution in [2.24, 2.45) is 0 Å². The number of rotatable bonds is 4. The van der Waals surface area contributed by atoms with Gasteiger partial charge in [0.1, 0.15) is 0 Å². The average molecular weight is 387 g/mol. The Morgan fingerprint density at radius 3 is 2.48 bits per heavy atom. The molecule has 0 saturated heterocycles. The third kappa shape index (κ3) is 3.31. The number of sulfone groups is 1. The van der Waals surface area contributed by atoms with Crippen molar-refractivity contribution in [1.82, 2.24) is 0 Å². The topological polar surface area (TPSA) is 90.0 Å². The molecule has 3 rings (SSSR count). The maximum Gasteiger partial charge on any atom is 0.351 e. The molecule has 0 saturated carbocycles. The van der Waals surface area contributed by atoms with Gasteiger partial charge in [-0.3, -0.25) is 0 Å². The second-order valence-corrected chi connectivity index (χ2v) is 7.48. The van der Waals surface area contributed by atoms with Gasteiger partial charge >= 0.3 is 11.9 Å². The molecular formula is C19H17NO6S. The van der Waals surface area contributed by atoms with E-state index >= 15 is 0 Å². The third-order valence-electron chi connectivity index (χ3n) is 3.97. The van der Waals surface area contributed by atoms with Crippen LogP contribution in [0.2, 0.25) is 0 Å². The molecule has 0 bridgehead atoms. The molecule has 27 heavy (non-hydrogen) atoms. The molecule has 7 nitrogen and oxygen atoms in total. The first-order valence-electron chi connectivity index (χ1n) is 8.10. The Hall–Kier alpha value is -3.13. The zero-order chi connectivity index (χ0) is 19.6. The van der Waals surface area contributed by atoms with E-state index in [-0.39, 0.29) is 11.5 Å². The lowest BCUT2D eigenvalue weighted by molar-refractivity contribution is -0.135. The van der Waals surface area contributed by atoms with Gasteiger partial charge in [0.15, 0.2) is 4.91 Å². The fourth-order valence-electron chi connectivity index (χ4n) is 2.73. The van der Waals surface area contributed by atoms with Crippen LogP contribution < -0.4 is 4.90 Å². The second-order valence-electron chi connectivity index (χ2n) is 5.60. The van der Waals surface area contributed by atoms with E-state index in [0.29, 0.717) is 16.9 Å². The molecule has 0 unspecified atom stereocenters. The molecule has 0 N–H and O–H groups in total. The Morgan fingerprint density at radius 2 is 1.78 bits per heavy atom. The van der Waals surface area contributed by atoms with Gasteiger partial charge < -0.3 is 14.4 Å². The minimum absolute atomic E-state index is 0.0190. The maximum atomic E-state index is 12.8. The average Bonchev–Trinajstić information content (AvgIpc) is 2.68. The molecule has 2 aromatic rings. The molecule has 0 aliphatic carbocycles. The molecule has 2 aromatic carbocycles. The van der Waals surface area contributed by atoms with Gasteiger partial charge in [-0.05, 0) is 37.3 Å². The quantitative estimate of drug-likeness (QED) is 0.745. The van der Waals surface area contributed by atoms with E-state index in [1.54, 1.807) is 49.4 Å². The maximum absolute atomic E-state index is 12.8. The summed E-state index contributed by atoms with van der Waals surface area (Å²) in [6.07, 6.45) is 1.20. The van der Waals surface area contributed by atoms with Gasteiger partial charge in [-0.1, -0.05) is 18.2 Å². The Balaban J connectivity index is 2.18. The monoisotopic (exact) mass is 387 g/mol. The zero-order valence-electron chi connectivity index (χ0n) is 14.7. The summed E-state index contributed by atoms with van der Waals surface area (Å²) in [5, 5.41) is 0. The Bertz CT molecular complexity index is 1040. The summed E-state index contributed by atoms with van der Waals surface area (Å²) >= 11 is 0. The van der Waals surface area contributed by atoms with Crippen LogP contribution >= 0.6 is 0 Å². The zero-order valence-corrected chi connectivity index (χ0v) is 15.5. The van der Waals surface area contributed by atoms with Crippen LogP contribution in [0.4, 0.5) is 11.4 Å². The summed E-state index contributed by atoms with van der Waals surface area (Å²) in [4.78, 5) is 25.1. The number of nitrogens with zero attached hydrogens (tertiary/aromatic N) is 1. The third-order valence-corrected chi connectivity index (χ3v) is 5.75. The molecule has 0 amide bonds. The number of ether oxygens (including phenoxy) is 2. The van der Waals surface area contributed by atoms with Crippen molar-refractivity contribution in [3.05, 3.63) is 65.2 Å². The standard InChI is InChI=1S/C19H17NO6S/c1-3-26-18(21)13-7-6-8-14(11-13)20-12-17(19(22)25-2)27(23,24)16-10-5-4-9-15(16)20/h4-12H,3H2,1-2H3. The van der Waals surface area contributed by atoms with Crippen LogP contribution in [-0.2, 0) is 24.1 Å². The van der Waals surface area contributed by atoms with Crippen molar-refractivity contribution in [2.75, 3.05) is 18.6 Å². The molecule has 0 radical (unpaired) electrons. The predicted molar refractivity (Wildman–Crippen MR) is 98.3 cm³/mol. The second kappa shape index (κ2) is 7.24. The highest BCUT2D eigenvalue weighted by molar-refractivity contribution is 7.96. The van der Waals surface area contributed by atoms with E-state index in [9.17, 15) is 18.0 Å². The van der Waals surface area contributed by atoms with Crippen LogP contribution in [0, 0.1) is 0 Å². The first-order chi connectivity index (χ1) is 12.9. The SMILES string of the molecule is CCOC(=O)c1cccc(N2C=C(C(=O)OC)S(=O)(=O)c3ccccc32)c1. The summed E-state index contributed by atoms with van der Waals surface area (Å²) in [6.45, 7) is 1.94. The van der Waals surface area contributed by atoms with Gasteiger partial charge in [-0.2, -0.15) is 0 Å². The van der Waals surface area contributed by atoms with E-state index in [2.05, 4.69) is 4.74 Å². The minimum Gasteiger partial charge on any atom is -0.465 e.